The summed E-state index contributed by atoms with van der Waals surface area (Å²) in [6.45, 7) is 0. The van der Waals surface area contributed by atoms with E-state index in [1.54, 1.807) is 47.0 Å². The Kier molecular flexibility index (Phi) is 5.55. The van der Waals surface area contributed by atoms with Crippen molar-refractivity contribution in [2.24, 2.45) is 0 Å². The summed E-state index contributed by atoms with van der Waals surface area (Å²) in [5, 5.41) is 8.41. The molecule has 0 bridgehead atoms. The van der Waals surface area contributed by atoms with Crippen LogP contribution in [0.5, 0.6) is 0 Å². The fraction of sp³-hybridized carbons (Fsp3) is 0. The first kappa shape index (κ1) is 12.3. The van der Waals surface area contributed by atoms with Gasteiger partial charge in [-0.1, -0.05) is 71.4 Å². The zero-order valence-electron chi connectivity index (χ0n) is 8.41. The molecular weight excluding hydrogens is 272 g/mol. The molecule has 2 heterocycles. The Morgan fingerprint density at radius 3 is 1.31 bits per heavy atom. The molecule has 82 valence electrons. The van der Waals surface area contributed by atoms with Crippen molar-refractivity contribution in [3.63, 3.8) is 0 Å². The standard InChI is InChI=1S/C12H10S4/c1(3-5-11-13-7-8-14-11)2-4-6-12-15-9-10-16-12/h1-10H/b3-1+,4-2+. The molecular formula is C12H10S4. The van der Waals surface area contributed by atoms with Crippen molar-refractivity contribution in [3.05, 3.63) is 66.6 Å². The van der Waals surface area contributed by atoms with Gasteiger partial charge in [-0.25, -0.2) is 0 Å². The van der Waals surface area contributed by atoms with Crippen molar-refractivity contribution >= 4 is 47.0 Å². The van der Waals surface area contributed by atoms with E-state index in [4.69, 9.17) is 0 Å². The van der Waals surface area contributed by atoms with Crippen LogP contribution < -0.4 is 0 Å². The second-order valence-corrected chi connectivity index (χ2v) is 7.06. The van der Waals surface area contributed by atoms with Crippen molar-refractivity contribution in [2.75, 3.05) is 0 Å². The van der Waals surface area contributed by atoms with Crippen LogP contribution >= 0.6 is 47.0 Å². The van der Waals surface area contributed by atoms with Crippen LogP contribution in [0.3, 0.4) is 0 Å². The maximum Gasteiger partial charge on any atom is 0.0487 e. The summed E-state index contributed by atoms with van der Waals surface area (Å²) < 4.78 is 2.66. The molecule has 0 aromatic heterocycles. The maximum absolute atomic E-state index is 2.13. The van der Waals surface area contributed by atoms with Crippen LogP contribution in [0.2, 0.25) is 0 Å². The van der Waals surface area contributed by atoms with E-state index in [2.05, 4.69) is 58.1 Å². The van der Waals surface area contributed by atoms with E-state index in [1.165, 1.54) is 8.47 Å². The molecule has 0 fully saturated rings. The fourth-order valence-electron chi connectivity index (χ4n) is 0.989. The Bertz CT molecular complexity index is 351. The third-order valence-electron chi connectivity index (χ3n) is 1.65. The highest BCUT2D eigenvalue weighted by atomic mass is 32.2. The molecule has 0 aromatic carbocycles. The number of rotatable bonds is 3. The third-order valence-corrected chi connectivity index (χ3v) is 5.71. The molecule has 2 aliphatic rings. The number of hydrogen-bond donors (Lipinski definition) is 0. The monoisotopic (exact) mass is 282 g/mol. The Balaban J connectivity index is 1.74. The van der Waals surface area contributed by atoms with Crippen molar-refractivity contribution in [1.29, 1.82) is 0 Å². The average molecular weight is 282 g/mol. The lowest BCUT2D eigenvalue weighted by atomic mass is 10.4. The van der Waals surface area contributed by atoms with E-state index in [0.29, 0.717) is 0 Å². The highest BCUT2D eigenvalue weighted by Crippen LogP contribution is 2.37. The van der Waals surface area contributed by atoms with Crippen LogP contribution in [0.4, 0.5) is 0 Å². The number of thioether (sulfide) groups is 4. The van der Waals surface area contributed by atoms with E-state index >= 15 is 0 Å². The number of hydrogen-bond acceptors (Lipinski definition) is 4. The minimum atomic E-state index is 1.33. The smallest absolute Gasteiger partial charge is 0.0487 e. The summed E-state index contributed by atoms with van der Waals surface area (Å²) in [6.07, 6.45) is 12.5. The SMILES string of the molecule is C1=CSC(=C/C=C/C=C/C=C2SC=CS2)S1. The van der Waals surface area contributed by atoms with Gasteiger partial charge >= 0.3 is 0 Å². The summed E-state index contributed by atoms with van der Waals surface area (Å²) in [4.78, 5) is 0. The summed E-state index contributed by atoms with van der Waals surface area (Å²) in [7, 11) is 0. The van der Waals surface area contributed by atoms with Crippen LogP contribution in [0, 0.1) is 0 Å². The van der Waals surface area contributed by atoms with Crippen LogP contribution in [-0.2, 0) is 0 Å². The first-order valence-corrected chi connectivity index (χ1v) is 8.19. The van der Waals surface area contributed by atoms with Gasteiger partial charge in [-0.15, -0.1) is 0 Å². The first-order chi connectivity index (χ1) is 7.95. The Morgan fingerprint density at radius 1 is 0.562 bits per heavy atom. The molecule has 0 unspecified atom stereocenters. The van der Waals surface area contributed by atoms with Gasteiger partial charge in [-0.3, -0.25) is 0 Å². The lowest BCUT2D eigenvalue weighted by molar-refractivity contribution is 1.89. The minimum absolute atomic E-state index is 1.33. The fourth-order valence-corrected chi connectivity index (χ4v) is 4.15. The summed E-state index contributed by atoms with van der Waals surface area (Å²) in [6, 6.07) is 0. The predicted octanol–water partition coefficient (Wildman–Crippen LogP) is 5.68. The second-order valence-electron chi connectivity index (χ2n) is 2.76. The number of allylic oxidation sites excluding steroid dienone is 6. The highest BCUT2D eigenvalue weighted by Gasteiger charge is 1.98. The Hall–Kier alpha value is -0.160. The van der Waals surface area contributed by atoms with Gasteiger partial charge in [0.2, 0.25) is 0 Å². The molecule has 4 heteroatoms. The topological polar surface area (TPSA) is 0 Å². The summed E-state index contributed by atoms with van der Waals surface area (Å²) in [5.41, 5.74) is 0. The van der Waals surface area contributed by atoms with Crippen LogP contribution in [0.1, 0.15) is 0 Å². The summed E-state index contributed by atoms with van der Waals surface area (Å²) >= 11 is 7.07. The molecule has 0 saturated carbocycles. The molecule has 0 atom stereocenters. The largest absolute Gasteiger partial charge is 0.0902 e. The van der Waals surface area contributed by atoms with Crippen LogP contribution in [-0.4, -0.2) is 0 Å². The van der Waals surface area contributed by atoms with Gasteiger partial charge in [-0.05, 0) is 33.8 Å². The van der Waals surface area contributed by atoms with Crippen molar-refractivity contribution in [2.45, 2.75) is 0 Å². The molecule has 0 radical (unpaired) electrons. The minimum Gasteiger partial charge on any atom is -0.0902 e. The third kappa shape index (κ3) is 4.37. The first-order valence-electron chi connectivity index (χ1n) is 4.67. The molecule has 0 aliphatic carbocycles. The molecule has 0 spiro atoms. The van der Waals surface area contributed by atoms with Crippen LogP contribution in [0.25, 0.3) is 0 Å². The zero-order valence-corrected chi connectivity index (χ0v) is 11.7. The van der Waals surface area contributed by atoms with Crippen molar-refractivity contribution in [3.8, 4) is 0 Å². The van der Waals surface area contributed by atoms with Gasteiger partial charge in [0.1, 0.15) is 0 Å². The molecule has 0 N–H and O–H groups in total. The molecule has 2 aliphatic heterocycles. The Morgan fingerprint density at radius 2 is 0.938 bits per heavy atom. The average Bonchev–Trinajstić information content (AvgIpc) is 2.96. The Labute approximate surface area is 113 Å². The van der Waals surface area contributed by atoms with E-state index in [9.17, 15) is 0 Å². The van der Waals surface area contributed by atoms with E-state index in [0.717, 1.165) is 0 Å². The molecule has 0 aromatic rings. The highest BCUT2D eigenvalue weighted by molar-refractivity contribution is 8.27. The normalized spacial score (nSPS) is 19.5. The van der Waals surface area contributed by atoms with Gasteiger partial charge in [0, 0.05) is 8.47 Å². The van der Waals surface area contributed by atoms with Crippen molar-refractivity contribution < 1.29 is 0 Å². The molecule has 16 heavy (non-hydrogen) atoms. The van der Waals surface area contributed by atoms with Gasteiger partial charge < -0.3 is 0 Å². The molecule has 0 saturated heterocycles. The zero-order chi connectivity index (χ0) is 11.1. The quantitative estimate of drug-likeness (QED) is 0.610. The van der Waals surface area contributed by atoms with Crippen molar-refractivity contribution in [1.82, 2.24) is 0 Å². The second kappa shape index (κ2) is 7.22. The van der Waals surface area contributed by atoms with E-state index < -0.39 is 0 Å². The lowest BCUT2D eigenvalue weighted by Gasteiger charge is -1.88. The van der Waals surface area contributed by atoms with Gasteiger partial charge in [0.25, 0.3) is 0 Å². The predicted molar refractivity (Wildman–Crippen MR) is 83.1 cm³/mol. The molecule has 2 rings (SSSR count). The van der Waals surface area contributed by atoms with Crippen LogP contribution in [0.15, 0.2) is 66.6 Å². The van der Waals surface area contributed by atoms with E-state index in [1.807, 2.05) is 0 Å². The van der Waals surface area contributed by atoms with Gasteiger partial charge in [0.15, 0.2) is 0 Å². The molecule has 0 amide bonds. The van der Waals surface area contributed by atoms with Gasteiger partial charge in [-0.2, -0.15) is 0 Å². The van der Waals surface area contributed by atoms with E-state index in [-0.39, 0.29) is 0 Å². The summed E-state index contributed by atoms with van der Waals surface area (Å²) in [5.74, 6) is 0. The van der Waals surface area contributed by atoms with Gasteiger partial charge in [0.05, 0.1) is 0 Å². The molecule has 0 nitrogen and oxygen atoms in total. The lowest BCUT2D eigenvalue weighted by Crippen LogP contribution is -1.58. The maximum atomic E-state index is 2.13.